The zero-order valence-corrected chi connectivity index (χ0v) is 12.7. The van der Waals surface area contributed by atoms with Crippen molar-refractivity contribution in [3.05, 3.63) is 0 Å². The number of nitrogens with one attached hydrogen (secondary N) is 2. The van der Waals surface area contributed by atoms with E-state index in [-0.39, 0.29) is 6.03 Å². The van der Waals surface area contributed by atoms with Crippen molar-refractivity contribution in [3.8, 4) is 0 Å². The summed E-state index contributed by atoms with van der Waals surface area (Å²) in [4.78, 5) is 25.4. The lowest BCUT2D eigenvalue weighted by atomic mass is 9.96. The van der Waals surface area contributed by atoms with Crippen molar-refractivity contribution < 1.29 is 14.7 Å². The fraction of sp³-hybridized carbons (Fsp3) is 0.857. The van der Waals surface area contributed by atoms with E-state index in [9.17, 15) is 14.7 Å². The molecule has 0 aromatic heterocycles. The molecule has 2 unspecified atom stereocenters. The van der Waals surface area contributed by atoms with Crippen LogP contribution in [0.2, 0.25) is 0 Å². The molecule has 0 aromatic rings. The van der Waals surface area contributed by atoms with Crippen LogP contribution >= 0.6 is 0 Å². The maximum absolute atomic E-state index is 12.3. The number of carbonyl (C=O) groups excluding carboxylic acids is 1. The Morgan fingerprint density at radius 2 is 2.15 bits per heavy atom. The van der Waals surface area contributed by atoms with Crippen LogP contribution in [0.4, 0.5) is 4.79 Å². The molecule has 1 rings (SSSR count). The van der Waals surface area contributed by atoms with Gasteiger partial charge in [-0.05, 0) is 45.7 Å². The van der Waals surface area contributed by atoms with Crippen LogP contribution in [0.25, 0.3) is 0 Å². The first-order chi connectivity index (χ1) is 9.42. The third-order valence-corrected chi connectivity index (χ3v) is 3.90. The summed E-state index contributed by atoms with van der Waals surface area (Å²) in [7, 11) is 1.90. The minimum atomic E-state index is -1.18. The standard InChI is InChI=1S/C14H27N3O3/c1-4-7-14(2,12(18)19)16-13(20)17-8-5-6-11(10-17)9-15-3/h11,15H,4-10H2,1-3H3,(H,16,20)(H,18,19). The molecule has 116 valence electrons. The van der Waals surface area contributed by atoms with Gasteiger partial charge in [-0.15, -0.1) is 0 Å². The number of piperidine rings is 1. The first-order valence-electron chi connectivity index (χ1n) is 7.38. The average molecular weight is 285 g/mol. The fourth-order valence-corrected chi connectivity index (χ4v) is 2.74. The van der Waals surface area contributed by atoms with Gasteiger partial charge in [-0.2, -0.15) is 0 Å². The molecule has 6 nitrogen and oxygen atoms in total. The number of carbonyl (C=O) groups is 2. The van der Waals surface area contributed by atoms with E-state index in [2.05, 4.69) is 10.6 Å². The Bertz CT molecular complexity index is 347. The molecular formula is C14H27N3O3. The molecule has 6 heteroatoms. The van der Waals surface area contributed by atoms with Crippen LogP contribution in [-0.2, 0) is 4.79 Å². The summed E-state index contributed by atoms with van der Waals surface area (Å²) in [6, 6.07) is -0.260. The second-order valence-electron chi connectivity index (χ2n) is 5.83. The molecule has 3 N–H and O–H groups in total. The largest absolute Gasteiger partial charge is 0.480 e. The lowest BCUT2D eigenvalue weighted by Gasteiger charge is -2.35. The summed E-state index contributed by atoms with van der Waals surface area (Å²) in [5.74, 6) is -0.529. The monoisotopic (exact) mass is 285 g/mol. The fourth-order valence-electron chi connectivity index (χ4n) is 2.74. The van der Waals surface area contributed by atoms with Crippen molar-refractivity contribution in [3.63, 3.8) is 0 Å². The first-order valence-corrected chi connectivity index (χ1v) is 7.38. The predicted octanol–water partition coefficient (Wildman–Crippen LogP) is 1.27. The third-order valence-electron chi connectivity index (χ3n) is 3.90. The van der Waals surface area contributed by atoms with Crippen LogP contribution in [0.5, 0.6) is 0 Å². The summed E-state index contributed by atoms with van der Waals surface area (Å²) in [6.07, 6.45) is 3.22. The molecule has 1 aliphatic heterocycles. The van der Waals surface area contributed by atoms with E-state index in [0.717, 1.165) is 19.4 Å². The zero-order chi connectivity index (χ0) is 15.2. The van der Waals surface area contributed by atoms with Gasteiger partial charge in [0.15, 0.2) is 0 Å². The van der Waals surface area contributed by atoms with Crippen LogP contribution in [0.15, 0.2) is 0 Å². The summed E-state index contributed by atoms with van der Waals surface area (Å²) >= 11 is 0. The zero-order valence-electron chi connectivity index (χ0n) is 12.7. The minimum Gasteiger partial charge on any atom is -0.480 e. The average Bonchev–Trinajstić information content (AvgIpc) is 2.39. The number of urea groups is 1. The number of nitrogens with zero attached hydrogens (tertiary/aromatic N) is 1. The molecule has 0 aliphatic carbocycles. The van der Waals surface area contributed by atoms with Crippen LogP contribution in [-0.4, -0.2) is 54.2 Å². The second kappa shape index (κ2) is 7.47. The summed E-state index contributed by atoms with van der Waals surface area (Å²) in [5.41, 5.74) is -1.18. The second-order valence-corrected chi connectivity index (χ2v) is 5.83. The quantitative estimate of drug-likeness (QED) is 0.686. The van der Waals surface area contributed by atoms with Crippen LogP contribution in [0.3, 0.4) is 0 Å². The van der Waals surface area contributed by atoms with E-state index in [4.69, 9.17) is 0 Å². The van der Waals surface area contributed by atoms with Crippen molar-refractivity contribution >= 4 is 12.0 Å². The van der Waals surface area contributed by atoms with Crippen molar-refractivity contribution in [1.29, 1.82) is 0 Å². The Labute approximate surface area is 120 Å². The van der Waals surface area contributed by atoms with Crippen LogP contribution in [0, 0.1) is 5.92 Å². The maximum Gasteiger partial charge on any atom is 0.329 e. The van der Waals surface area contributed by atoms with Crippen molar-refractivity contribution in [2.75, 3.05) is 26.7 Å². The molecule has 0 radical (unpaired) electrons. The van der Waals surface area contributed by atoms with E-state index in [1.807, 2.05) is 14.0 Å². The van der Waals surface area contributed by atoms with Gasteiger partial charge in [0.2, 0.25) is 0 Å². The van der Waals surface area contributed by atoms with Gasteiger partial charge in [0, 0.05) is 13.1 Å². The van der Waals surface area contributed by atoms with Gasteiger partial charge in [-0.3, -0.25) is 0 Å². The summed E-state index contributed by atoms with van der Waals surface area (Å²) < 4.78 is 0. The van der Waals surface area contributed by atoms with E-state index in [1.54, 1.807) is 11.8 Å². The number of likely N-dealkylation sites (tertiary alicyclic amines) is 1. The number of hydrogen-bond donors (Lipinski definition) is 3. The Kier molecular flexibility index (Phi) is 6.26. The van der Waals surface area contributed by atoms with E-state index >= 15 is 0 Å². The molecule has 1 heterocycles. The van der Waals surface area contributed by atoms with E-state index in [0.29, 0.717) is 31.8 Å². The van der Waals surface area contributed by atoms with Crippen LogP contribution in [0.1, 0.15) is 39.5 Å². The Morgan fingerprint density at radius 3 is 2.70 bits per heavy atom. The molecule has 0 spiro atoms. The smallest absolute Gasteiger partial charge is 0.329 e. The van der Waals surface area contributed by atoms with E-state index < -0.39 is 11.5 Å². The Hall–Kier alpha value is -1.30. The van der Waals surface area contributed by atoms with E-state index in [1.165, 1.54) is 0 Å². The number of carboxylic acid groups (broad SMARTS) is 1. The molecule has 0 bridgehead atoms. The van der Waals surface area contributed by atoms with Gasteiger partial charge in [-0.25, -0.2) is 9.59 Å². The summed E-state index contributed by atoms with van der Waals surface area (Å²) in [5, 5.41) is 15.1. The van der Waals surface area contributed by atoms with Crippen molar-refractivity contribution in [1.82, 2.24) is 15.5 Å². The van der Waals surface area contributed by atoms with Crippen molar-refractivity contribution in [2.24, 2.45) is 5.92 Å². The summed E-state index contributed by atoms with van der Waals surface area (Å²) in [6.45, 7) is 5.76. The molecule has 0 saturated carbocycles. The number of aliphatic carboxylic acids is 1. The first kappa shape index (κ1) is 16.8. The van der Waals surface area contributed by atoms with Gasteiger partial charge >= 0.3 is 12.0 Å². The highest BCUT2D eigenvalue weighted by Crippen LogP contribution is 2.18. The molecular weight excluding hydrogens is 258 g/mol. The number of hydrogen-bond acceptors (Lipinski definition) is 3. The number of amides is 2. The lowest BCUT2D eigenvalue weighted by molar-refractivity contribution is -0.144. The normalized spacial score (nSPS) is 22.1. The van der Waals surface area contributed by atoms with Crippen molar-refractivity contribution in [2.45, 2.75) is 45.1 Å². The van der Waals surface area contributed by atoms with Gasteiger partial charge in [0.05, 0.1) is 0 Å². The van der Waals surface area contributed by atoms with Crippen LogP contribution < -0.4 is 10.6 Å². The van der Waals surface area contributed by atoms with Gasteiger partial charge in [0.1, 0.15) is 5.54 Å². The molecule has 2 amide bonds. The lowest BCUT2D eigenvalue weighted by Crippen LogP contribution is -2.57. The highest BCUT2D eigenvalue weighted by molar-refractivity contribution is 5.85. The topological polar surface area (TPSA) is 81.7 Å². The highest BCUT2D eigenvalue weighted by atomic mass is 16.4. The SMILES string of the molecule is CCCC(C)(NC(=O)N1CCCC(CNC)C1)C(=O)O. The molecule has 1 saturated heterocycles. The molecule has 2 atom stereocenters. The molecule has 1 fully saturated rings. The maximum atomic E-state index is 12.3. The number of rotatable bonds is 6. The Morgan fingerprint density at radius 1 is 1.45 bits per heavy atom. The van der Waals surface area contributed by atoms with Gasteiger partial charge in [0.25, 0.3) is 0 Å². The van der Waals surface area contributed by atoms with Gasteiger partial charge < -0.3 is 20.6 Å². The molecule has 20 heavy (non-hydrogen) atoms. The predicted molar refractivity (Wildman–Crippen MR) is 77.7 cm³/mol. The molecule has 1 aliphatic rings. The minimum absolute atomic E-state index is 0.260. The third kappa shape index (κ3) is 4.37. The molecule has 0 aromatic carbocycles. The number of carboxylic acids is 1. The van der Waals surface area contributed by atoms with Gasteiger partial charge in [-0.1, -0.05) is 13.3 Å². The Balaban J connectivity index is 2.62. The highest BCUT2D eigenvalue weighted by Gasteiger charge is 2.36.